The predicted molar refractivity (Wildman–Crippen MR) is 88.8 cm³/mol. The quantitative estimate of drug-likeness (QED) is 0.606. The lowest BCUT2D eigenvalue weighted by Gasteiger charge is -2.08. The zero-order valence-electron chi connectivity index (χ0n) is 11.0. The van der Waals surface area contributed by atoms with Gasteiger partial charge in [0.05, 0.1) is 4.88 Å². The van der Waals surface area contributed by atoms with Gasteiger partial charge in [-0.15, -0.1) is 11.3 Å². The molecule has 2 aromatic heterocycles. The number of carbonyl (C=O) groups is 1. The van der Waals surface area contributed by atoms with E-state index in [1.165, 1.54) is 10.4 Å². The van der Waals surface area contributed by atoms with Crippen molar-refractivity contribution in [3.05, 3.63) is 56.4 Å². The number of aryl methyl sites for hydroxylation is 1. The van der Waals surface area contributed by atoms with Crippen LogP contribution in [0.25, 0.3) is 11.0 Å². The summed E-state index contributed by atoms with van der Waals surface area (Å²) < 4.78 is 5.66. The fraction of sp³-hybridized carbons (Fsp3) is 0.188. The van der Waals surface area contributed by atoms with Crippen molar-refractivity contribution in [1.82, 2.24) is 0 Å². The van der Waals surface area contributed by atoms with Crippen molar-refractivity contribution in [2.75, 3.05) is 5.75 Å². The first-order valence-electron chi connectivity index (χ1n) is 6.64. The fourth-order valence-electron chi connectivity index (χ4n) is 2.51. The lowest BCUT2D eigenvalue weighted by molar-refractivity contribution is 0.101. The van der Waals surface area contributed by atoms with E-state index in [0.717, 1.165) is 28.2 Å². The Kier molecular flexibility index (Phi) is 3.32. The first-order chi connectivity index (χ1) is 10.2. The molecule has 0 bridgehead atoms. The molecule has 5 heteroatoms. The Labute approximate surface area is 135 Å². The lowest BCUT2D eigenvalue weighted by Crippen LogP contribution is -1.96. The molecule has 3 heterocycles. The number of rotatable bonds is 2. The normalized spacial score (nSPS) is 14.3. The molecule has 0 saturated carbocycles. The molecule has 21 heavy (non-hydrogen) atoms. The second-order valence-corrected chi connectivity index (χ2v) is 7.66. The Morgan fingerprint density at radius 3 is 3.00 bits per heavy atom. The van der Waals surface area contributed by atoms with Crippen molar-refractivity contribution < 1.29 is 9.21 Å². The molecular weight excluding hydrogens is 324 g/mol. The summed E-state index contributed by atoms with van der Waals surface area (Å²) >= 11 is 9.49. The highest BCUT2D eigenvalue weighted by atomic mass is 35.5. The van der Waals surface area contributed by atoms with Crippen molar-refractivity contribution in [2.24, 2.45) is 0 Å². The average Bonchev–Trinajstić information content (AvgIpc) is 3.09. The van der Waals surface area contributed by atoms with Gasteiger partial charge in [0.1, 0.15) is 5.58 Å². The first-order valence-corrected chi connectivity index (χ1v) is 8.99. The third kappa shape index (κ3) is 2.41. The van der Waals surface area contributed by atoms with Gasteiger partial charge in [-0.25, -0.2) is 0 Å². The Morgan fingerprint density at radius 1 is 1.24 bits per heavy atom. The van der Waals surface area contributed by atoms with Crippen LogP contribution >= 0.6 is 34.7 Å². The highest BCUT2D eigenvalue weighted by molar-refractivity contribution is 7.98. The molecule has 1 aromatic carbocycles. The largest absolute Gasteiger partial charge is 0.453 e. The van der Waals surface area contributed by atoms with Crippen molar-refractivity contribution in [3.63, 3.8) is 0 Å². The lowest BCUT2D eigenvalue weighted by atomic mass is 10.2. The molecule has 0 fully saturated rings. The SMILES string of the molecule is O=C(c1cc2cc(Cl)ccc2o1)c1cc2c(s1)CCSC2. The molecule has 0 aliphatic carbocycles. The Bertz CT molecular complexity index is 824. The summed E-state index contributed by atoms with van der Waals surface area (Å²) in [6.45, 7) is 0. The number of hydrogen-bond donors (Lipinski definition) is 0. The molecule has 0 amide bonds. The van der Waals surface area contributed by atoms with E-state index in [2.05, 4.69) is 0 Å². The van der Waals surface area contributed by atoms with E-state index in [0.29, 0.717) is 16.4 Å². The minimum absolute atomic E-state index is 0.0354. The van der Waals surface area contributed by atoms with Gasteiger partial charge in [0.2, 0.25) is 5.78 Å². The molecule has 0 unspecified atom stereocenters. The third-order valence-electron chi connectivity index (χ3n) is 3.55. The number of halogens is 1. The van der Waals surface area contributed by atoms with Gasteiger partial charge in [-0.1, -0.05) is 11.6 Å². The molecule has 0 N–H and O–H groups in total. The summed E-state index contributed by atoms with van der Waals surface area (Å²) in [4.78, 5) is 14.7. The van der Waals surface area contributed by atoms with E-state index < -0.39 is 0 Å². The second-order valence-electron chi connectivity index (χ2n) is 4.98. The number of furan rings is 1. The van der Waals surface area contributed by atoms with E-state index in [9.17, 15) is 4.79 Å². The van der Waals surface area contributed by atoms with E-state index in [4.69, 9.17) is 16.0 Å². The third-order valence-corrected chi connectivity index (χ3v) is 6.03. The van der Waals surface area contributed by atoms with Crippen LogP contribution in [-0.4, -0.2) is 11.5 Å². The topological polar surface area (TPSA) is 30.2 Å². The number of benzene rings is 1. The van der Waals surface area contributed by atoms with Gasteiger partial charge in [-0.05, 0) is 48.1 Å². The highest BCUT2D eigenvalue weighted by Gasteiger charge is 2.21. The standard InChI is InChI=1S/C16H11ClO2S2/c17-11-1-2-12-9(5-11)6-13(19-12)16(18)15-7-10-8-20-4-3-14(10)21-15/h1-2,5-7H,3-4,8H2. The molecule has 3 aromatic rings. The first kappa shape index (κ1) is 13.4. The Balaban J connectivity index is 1.73. The molecule has 0 radical (unpaired) electrons. The van der Waals surface area contributed by atoms with Crippen LogP contribution in [-0.2, 0) is 12.2 Å². The average molecular weight is 335 g/mol. The van der Waals surface area contributed by atoms with Gasteiger partial charge in [0.25, 0.3) is 0 Å². The van der Waals surface area contributed by atoms with Crippen LogP contribution in [0.2, 0.25) is 5.02 Å². The molecule has 0 saturated heterocycles. The van der Waals surface area contributed by atoms with Crippen LogP contribution < -0.4 is 0 Å². The molecule has 1 aliphatic heterocycles. The van der Waals surface area contributed by atoms with Gasteiger partial charge in [-0.2, -0.15) is 11.8 Å². The van der Waals surface area contributed by atoms with E-state index >= 15 is 0 Å². The number of ketones is 1. The maximum absolute atomic E-state index is 12.6. The van der Waals surface area contributed by atoms with Crippen molar-refractivity contribution in [3.8, 4) is 0 Å². The summed E-state index contributed by atoms with van der Waals surface area (Å²) in [7, 11) is 0. The maximum Gasteiger partial charge on any atom is 0.238 e. The zero-order chi connectivity index (χ0) is 14.4. The van der Waals surface area contributed by atoms with E-state index in [1.807, 2.05) is 23.9 Å². The van der Waals surface area contributed by atoms with Crippen LogP contribution in [0.5, 0.6) is 0 Å². The minimum atomic E-state index is -0.0354. The summed E-state index contributed by atoms with van der Waals surface area (Å²) in [5, 5.41) is 1.51. The Morgan fingerprint density at radius 2 is 2.14 bits per heavy atom. The monoisotopic (exact) mass is 334 g/mol. The Hall–Kier alpha value is -1.23. The fourth-order valence-corrected chi connectivity index (χ4v) is 5.00. The minimum Gasteiger partial charge on any atom is -0.453 e. The van der Waals surface area contributed by atoms with Crippen LogP contribution in [0, 0.1) is 0 Å². The van der Waals surface area contributed by atoms with E-state index in [-0.39, 0.29) is 5.78 Å². The van der Waals surface area contributed by atoms with Crippen LogP contribution in [0.4, 0.5) is 0 Å². The van der Waals surface area contributed by atoms with Crippen LogP contribution in [0.3, 0.4) is 0 Å². The number of thiophene rings is 1. The highest BCUT2D eigenvalue weighted by Crippen LogP contribution is 2.33. The summed E-state index contributed by atoms with van der Waals surface area (Å²) in [6, 6.07) is 9.17. The summed E-state index contributed by atoms with van der Waals surface area (Å²) in [5.41, 5.74) is 2.00. The van der Waals surface area contributed by atoms with Gasteiger partial charge >= 0.3 is 0 Å². The van der Waals surface area contributed by atoms with Gasteiger partial charge in [0, 0.05) is 21.0 Å². The molecule has 0 spiro atoms. The number of thioether (sulfide) groups is 1. The van der Waals surface area contributed by atoms with Gasteiger partial charge < -0.3 is 4.42 Å². The number of fused-ring (bicyclic) bond motifs is 2. The van der Waals surface area contributed by atoms with Crippen molar-refractivity contribution in [2.45, 2.75) is 12.2 Å². The smallest absolute Gasteiger partial charge is 0.238 e. The second kappa shape index (κ2) is 5.20. The van der Waals surface area contributed by atoms with Crippen LogP contribution in [0.1, 0.15) is 25.9 Å². The maximum atomic E-state index is 12.6. The summed E-state index contributed by atoms with van der Waals surface area (Å²) in [6.07, 6.45) is 1.06. The van der Waals surface area contributed by atoms with Crippen LogP contribution in [0.15, 0.2) is 34.7 Å². The van der Waals surface area contributed by atoms with Crippen molar-refractivity contribution >= 4 is 51.5 Å². The van der Waals surface area contributed by atoms with Gasteiger partial charge in [-0.3, -0.25) is 4.79 Å². The molecule has 106 valence electrons. The predicted octanol–water partition coefficient (Wildman–Crippen LogP) is 5.17. The number of carbonyl (C=O) groups excluding carboxylic acids is 1. The van der Waals surface area contributed by atoms with Crippen molar-refractivity contribution in [1.29, 1.82) is 0 Å². The molecular formula is C16H11ClO2S2. The van der Waals surface area contributed by atoms with Gasteiger partial charge in [0.15, 0.2) is 5.76 Å². The zero-order valence-corrected chi connectivity index (χ0v) is 13.4. The summed E-state index contributed by atoms with van der Waals surface area (Å²) in [5.74, 6) is 2.50. The molecule has 4 rings (SSSR count). The van der Waals surface area contributed by atoms with E-state index in [1.54, 1.807) is 29.5 Å². The molecule has 0 atom stereocenters. The molecule has 1 aliphatic rings. The number of hydrogen-bond acceptors (Lipinski definition) is 4. The molecule has 2 nitrogen and oxygen atoms in total.